The van der Waals surface area contributed by atoms with Crippen LogP contribution in [0.3, 0.4) is 0 Å². The first-order valence-electron chi connectivity index (χ1n) is 9.09. The second-order valence-corrected chi connectivity index (χ2v) is 7.36. The Balaban J connectivity index is 3.69. The van der Waals surface area contributed by atoms with Gasteiger partial charge in [0.25, 0.3) is 0 Å². The molecule has 144 valence electrons. The maximum Gasteiger partial charge on any atom is 0.131 e. The quantitative estimate of drug-likeness (QED) is 0.643. The summed E-state index contributed by atoms with van der Waals surface area (Å²) in [6.07, 6.45) is 7.16. The highest BCUT2D eigenvalue weighted by atomic mass is 16.5. The van der Waals surface area contributed by atoms with Crippen molar-refractivity contribution >= 4 is 0 Å². The molecule has 2 atom stereocenters. The molecule has 1 rings (SSSR count). The number of nitrogens with zero attached hydrogens (tertiary/aromatic N) is 2. The number of rotatable bonds is 10. The minimum absolute atomic E-state index is 0.340. The van der Waals surface area contributed by atoms with Gasteiger partial charge >= 0.3 is 0 Å². The van der Waals surface area contributed by atoms with Crippen LogP contribution in [0.15, 0.2) is 61.4 Å². The number of aromatic nitrogens is 1. The molecule has 0 saturated carbocycles. The fourth-order valence-electron chi connectivity index (χ4n) is 3.32. The Morgan fingerprint density at radius 1 is 1.35 bits per heavy atom. The van der Waals surface area contributed by atoms with Gasteiger partial charge in [-0.05, 0) is 29.7 Å². The molecule has 0 spiro atoms. The van der Waals surface area contributed by atoms with Gasteiger partial charge in [0.15, 0.2) is 0 Å². The molecule has 0 saturated heterocycles. The summed E-state index contributed by atoms with van der Waals surface area (Å²) in [6.45, 7) is 18.0. The SMILES string of the molecule is C=C/C=C(\C=C)C(N(CC)CCOC)C(O)(c1ccccn1)C(C)(C)C. The van der Waals surface area contributed by atoms with Crippen molar-refractivity contribution in [1.29, 1.82) is 0 Å². The molecule has 26 heavy (non-hydrogen) atoms. The molecule has 0 amide bonds. The third-order valence-corrected chi connectivity index (χ3v) is 4.81. The lowest BCUT2D eigenvalue weighted by Crippen LogP contribution is -2.58. The zero-order valence-corrected chi connectivity index (χ0v) is 16.9. The average molecular weight is 359 g/mol. The summed E-state index contributed by atoms with van der Waals surface area (Å²) in [5.74, 6) is 0. The monoisotopic (exact) mass is 358 g/mol. The molecule has 0 aliphatic rings. The molecule has 1 N–H and O–H groups in total. The Hall–Kier alpha value is -1.75. The van der Waals surface area contributed by atoms with E-state index in [1.54, 1.807) is 25.5 Å². The summed E-state index contributed by atoms with van der Waals surface area (Å²) in [5.41, 5.74) is -0.164. The molecule has 4 nitrogen and oxygen atoms in total. The van der Waals surface area contributed by atoms with E-state index in [1.807, 2.05) is 45.0 Å². The van der Waals surface area contributed by atoms with Gasteiger partial charge in [-0.2, -0.15) is 0 Å². The van der Waals surface area contributed by atoms with Crippen LogP contribution in [0.1, 0.15) is 33.4 Å². The summed E-state index contributed by atoms with van der Waals surface area (Å²) in [7, 11) is 1.69. The molecule has 1 aromatic heterocycles. The fraction of sp³-hybridized carbons (Fsp3) is 0.500. The number of ether oxygens (including phenoxy) is 1. The zero-order valence-electron chi connectivity index (χ0n) is 16.9. The highest BCUT2D eigenvalue weighted by molar-refractivity contribution is 5.35. The predicted octanol–water partition coefficient (Wildman–Crippen LogP) is 3.95. The van der Waals surface area contributed by atoms with Gasteiger partial charge in [0.05, 0.1) is 18.3 Å². The Labute approximate surface area is 158 Å². The number of hydrogen-bond donors (Lipinski definition) is 1. The minimum atomic E-state index is -1.24. The molecule has 1 heterocycles. The van der Waals surface area contributed by atoms with E-state index in [1.165, 1.54) is 0 Å². The number of allylic oxidation sites excluding steroid dienone is 2. The molecular weight excluding hydrogens is 324 g/mol. The predicted molar refractivity (Wildman–Crippen MR) is 109 cm³/mol. The summed E-state index contributed by atoms with van der Waals surface area (Å²) in [6, 6.07) is 5.31. The maximum atomic E-state index is 12.1. The Bertz CT molecular complexity index is 604. The molecule has 0 bridgehead atoms. The third-order valence-electron chi connectivity index (χ3n) is 4.81. The maximum absolute atomic E-state index is 12.1. The second-order valence-electron chi connectivity index (χ2n) is 7.36. The first-order chi connectivity index (χ1) is 12.3. The van der Waals surface area contributed by atoms with E-state index >= 15 is 0 Å². The molecule has 0 fully saturated rings. The van der Waals surface area contributed by atoms with Crippen molar-refractivity contribution in [3.05, 3.63) is 67.0 Å². The van der Waals surface area contributed by atoms with E-state index in [0.717, 1.165) is 12.1 Å². The van der Waals surface area contributed by atoms with Crippen molar-refractivity contribution in [2.45, 2.75) is 39.3 Å². The van der Waals surface area contributed by atoms with Crippen molar-refractivity contribution in [2.75, 3.05) is 26.8 Å². The van der Waals surface area contributed by atoms with E-state index in [9.17, 15) is 5.11 Å². The summed E-state index contributed by atoms with van der Waals surface area (Å²) >= 11 is 0. The van der Waals surface area contributed by atoms with E-state index < -0.39 is 11.0 Å². The van der Waals surface area contributed by atoms with Gasteiger partial charge in [-0.15, -0.1) is 0 Å². The van der Waals surface area contributed by atoms with Crippen LogP contribution in [0.25, 0.3) is 0 Å². The van der Waals surface area contributed by atoms with E-state index in [0.29, 0.717) is 18.8 Å². The van der Waals surface area contributed by atoms with Gasteiger partial charge in [0.1, 0.15) is 5.60 Å². The summed E-state index contributed by atoms with van der Waals surface area (Å²) in [5, 5.41) is 12.1. The molecule has 0 radical (unpaired) electrons. The smallest absolute Gasteiger partial charge is 0.131 e. The lowest BCUT2D eigenvalue weighted by molar-refractivity contribution is -0.119. The van der Waals surface area contributed by atoms with Crippen LogP contribution in [0, 0.1) is 5.41 Å². The lowest BCUT2D eigenvalue weighted by Gasteiger charge is -2.50. The summed E-state index contributed by atoms with van der Waals surface area (Å²) in [4.78, 5) is 6.73. The lowest BCUT2D eigenvalue weighted by atomic mass is 9.67. The van der Waals surface area contributed by atoms with Gasteiger partial charge < -0.3 is 9.84 Å². The minimum Gasteiger partial charge on any atom is -0.383 e. The molecule has 1 aromatic rings. The Kier molecular flexibility index (Phi) is 8.41. The van der Waals surface area contributed by atoms with Crippen molar-refractivity contribution < 1.29 is 9.84 Å². The van der Waals surface area contributed by atoms with Crippen LogP contribution >= 0.6 is 0 Å². The second kappa shape index (κ2) is 9.81. The van der Waals surface area contributed by atoms with Gasteiger partial charge in [0, 0.05) is 19.9 Å². The molecule has 0 aromatic carbocycles. The third kappa shape index (κ3) is 4.70. The number of hydrogen-bond acceptors (Lipinski definition) is 4. The van der Waals surface area contributed by atoms with Crippen molar-refractivity contribution in [3.8, 4) is 0 Å². The molecule has 0 aliphatic heterocycles. The van der Waals surface area contributed by atoms with E-state index in [2.05, 4.69) is 30.0 Å². The van der Waals surface area contributed by atoms with Gasteiger partial charge in [0.2, 0.25) is 0 Å². The van der Waals surface area contributed by atoms with Crippen LogP contribution in [-0.4, -0.2) is 47.8 Å². The van der Waals surface area contributed by atoms with Crippen molar-refractivity contribution in [1.82, 2.24) is 9.88 Å². The number of pyridine rings is 1. The topological polar surface area (TPSA) is 45.6 Å². The van der Waals surface area contributed by atoms with Crippen LogP contribution in [0.5, 0.6) is 0 Å². The number of methoxy groups -OCH3 is 1. The van der Waals surface area contributed by atoms with Crippen molar-refractivity contribution in [2.24, 2.45) is 5.41 Å². The van der Waals surface area contributed by atoms with E-state index in [4.69, 9.17) is 4.74 Å². The largest absolute Gasteiger partial charge is 0.383 e. The Morgan fingerprint density at radius 3 is 2.46 bits per heavy atom. The Morgan fingerprint density at radius 2 is 2.04 bits per heavy atom. The van der Waals surface area contributed by atoms with Crippen LogP contribution in [0.2, 0.25) is 0 Å². The fourth-order valence-corrected chi connectivity index (χ4v) is 3.32. The average Bonchev–Trinajstić information content (AvgIpc) is 2.63. The first kappa shape index (κ1) is 22.3. The summed E-state index contributed by atoms with van der Waals surface area (Å²) < 4.78 is 5.30. The van der Waals surface area contributed by atoms with Gasteiger partial charge in [-0.3, -0.25) is 9.88 Å². The van der Waals surface area contributed by atoms with Crippen molar-refractivity contribution in [3.63, 3.8) is 0 Å². The molecule has 0 aliphatic carbocycles. The standard InChI is InChI=1S/C22H34N2O2/c1-8-13-18(9-2)20(24(10-3)16-17-26-7)22(25,21(4,5)6)19-14-11-12-15-23-19/h8-9,11-15,20,25H,1-2,10,16-17H2,3-7H3/b18-13+. The number of likely N-dealkylation sites (N-methyl/N-ethyl adjacent to an activating group) is 1. The van der Waals surface area contributed by atoms with Crippen LogP contribution in [-0.2, 0) is 10.3 Å². The first-order valence-corrected chi connectivity index (χ1v) is 9.09. The number of aliphatic hydroxyl groups is 1. The molecular formula is C22H34N2O2. The highest BCUT2D eigenvalue weighted by Gasteiger charge is 2.51. The molecule has 2 unspecified atom stereocenters. The zero-order chi connectivity index (χ0) is 19.8. The van der Waals surface area contributed by atoms with Crippen LogP contribution < -0.4 is 0 Å². The van der Waals surface area contributed by atoms with E-state index in [-0.39, 0.29) is 6.04 Å². The van der Waals surface area contributed by atoms with Gasteiger partial charge in [-0.1, -0.05) is 65.1 Å². The van der Waals surface area contributed by atoms with Crippen LogP contribution in [0.4, 0.5) is 0 Å². The molecule has 4 heteroatoms. The normalized spacial score (nSPS) is 16.2. The van der Waals surface area contributed by atoms with Gasteiger partial charge in [-0.25, -0.2) is 0 Å². The highest BCUT2D eigenvalue weighted by Crippen LogP contribution is 2.45.